The lowest BCUT2D eigenvalue weighted by atomic mass is 10.2. The van der Waals surface area contributed by atoms with E-state index in [1.54, 1.807) is 7.05 Å². The average molecular weight is 535 g/mol. The number of fused-ring (bicyclic) bond motifs is 1. The maximum absolute atomic E-state index is 12.3. The number of aromatic nitrogens is 1. The van der Waals surface area contributed by atoms with Gasteiger partial charge in [0.15, 0.2) is 5.96 Å². The fraction of sp³-hybridized carbons (Fsp3) is 0.526. The van der Waals surface area contributed by atoms with Gasteiger partial charge in [-0.15, -0.1) is 24.0 Å². The van der Waals surface area contributed by atoms with E-state index in [9.17, 15) is 8.42 Å². The third-order valence-corrected chi connectivity index (χ3v) is 6.66. The van der Waals surface area contributed by atoms with Gasteiger partial charge >= 0.3 is 0 Å². The van der Waals surface area contributed by atoms with Crippen LogP contribution >= 0.6 is 24.0 Å². The Kier molecular flexibility index (Phi) is 9.66. The molecule has 1 aromatic heterocycles. The molecule has 0 spiro atoms. The molecule has 2 N–H and O–H groups in total. The van der Waals surface area contributed by atoms with E-state index in [-0.39, 0.29) is 29.7 Å². The largest absolute Gasteiger partial charge is 0.379 e. The lowest BCUT2D eigenvalue weighted by Crippen LogP contribution is -2.45. The van der Waals surface area contributed by atoms with Gasteiger partial charge in [-0.3, -0.25) is 4.99 Å². The summed E-state index contributed by atoms with van der Waals surface area (Å²) in [5, 5.41) is 7.57. The molecular weight excluding hydrogens is 505 g/mol. The Morgan fingerprint density at radius 1 is 1.14 bits per heavy atom. The van der Waals surface area contributed by atoms with E-state index in [2.05, 4.69) is 44.6 Å². The van der Waals surface area contributed by atoms with E-state index in [1.807, 2.05) is 12.1 Å². The first kappa shape index (κ1) is 23.9. The molecule has 1 fully saturated rings. The van der Waals surface area contributed by atoms with Crippen molar-refractivity contribution in [1.29, 1.82) is 0 Å². The molecule has 0 radical (unpaired) electrons. The molecule has 1 aromatic carbocycles. The van der Waals surface area contributed by atoms with E-state index in [0.29, 0.717) is 38.8 Å². The smallest absolute Gasteiger partial charge is 0.215 e. The fourth-order valence-corrected chi connectivity index (χ4v) is 4.59. The highest BCUT2D eigenvalue weighted by Gasteiger charge is 2.23. The van der Waals surface area contributed by atoms with Gasteiger partial charge in [0.25, 0.3) is 0 Å². The molecule has 2 heterocycles. The summed E-state index contributed by atoms with van der Waals surface area (Å²) in [5.41, 5.74) is 1.23. The summed E-state index contributed by atoms with van der Waals surface area (Å²) < 4.78 is 33.6. The molecule has 0 aliphatic carbocycles. The standard InChI is InChI=1S/C19H29N5O3S.HI/c1-20-19(22-9-16-28(25,26)24-12-14-27-15-13-24)21-8-4-10-23-11-7-17-5-2-3-6-18(17)23;/h2-3,5-7,11H,4,8-10,12-16H2,1H3,(H2,20,21,22);1H. The first-order valence-corrected chi connectivity index (χ1v) is 11.2. The second-order valence-corrected chi connectivity index (χ2v) is 8.76. The van der Waals surface area contributed by atoms with Crippen LogP contribution in [0.15, 0.2) is 41.5 Å². The highest BCUT2D eigenvalue weighted by atomic mass is 127. The van der Waals surface area contributed by atoms with Crippen LogP contribution in [-0.4, -0.2) is 75.4 Å². The summed E-state index contributed by atoms with van der Waals surface area (Å²) >= 11 is 0. The second kappa shape index (κ2) is 11.7. The van der Waals surface area contributed by atoms with Gasteiger partial charge in [0, 0.05) is 51.5 Å². The molecule has 8 nitrogen and oxygen atoms in total. The number of nitrogens with one attached hydrogen (secondary N) is 2. The van der Waals surface area contributed by atoms with E-state index < -0.39 is 10.0 Å². The predicted molar refractivity (Wildman–Crippen MR) is 128 cm³/mol. The van der Waals surface area contributed by atoms with E-state index in [1.165, 1.54) is 15.2 Å². The van der Waals surface area contributed by atoms with Crippen LogP contribution in [0.2, 0.25) is 0 Å². The molecule has 0 saturated carbocycles. The number of nitrogens with zero attached hydrogens (tertiary/aromatic N) is 3. The molecule has 0 bridgehead atoms. The number of para-hydroxylation sites is 1. The lowest BCUT2D eigenvalue weighted by molar-refractivity contribution is 0.0730. The Balaban J connectivity index is 0.00000300. The number of benzene rings is 1. The summed E-state index contributed by atoms with van der Waals surface area (Å²) in [5.74, 6) is 0.665. The van der Waals surface area contributed by atoms with Gasteiger partial charge in [-0.25, -0.2) is 8.42 Å². The number of sulfonamides is 1. The molecule has 29 heavy (non-hydrogen) atoms. The minimum absolute atomic E-state index is 0. The Bertz CT molecular complexity index is 894. The summed E-state index contributed by atoms with van der Waals surface area (Å²) in [6.45, 7) is 3.78. The van der Waals surface area contributed by atoms with E-state index in [0.717, 1.165) is 19.5 Å². The molecule has 2 aromatic rings. The third-order valence-electron chi connectivity index (χ3n) is 4.79. The van der Waals surface area contributed by atoms with E-state index in [4.69, 9.17) is 4.74 Å². The van der Waals surface area contributed by atoms with Crippen LogP contribution in [0.5, 0.6) is 0 Å². The number of halogens is 1. The number of aliphatic imine (C=N–C) groups is 1. The third kappa shape index (κ3) is 6.83. The van der Waals surface area contributed by atoms with Crippen LogP contribution in [0.4, 0.5) is 0 Å². The highest BCUT2D eigenvalue weighted by molar-refractivity contribution is 14.0. The number of rotatable bonds is 8. The van der Waals surface area contributed by atoms with Crippen molar-refractivity contribution in [1.82, 2.24) is 19.5 Å². The molecule has 1 saturated heterocycles. The van der Waals surface area contributed by atoms with Crippen LogP contribution in [-0.2, 0) is 21.3 Å². The van der Waals surface area contributed by atoms with Gasteiger partial charge in [-0.05, 0) is 23.9 Å². The summed E-state index contributed by atoms with van der Waals surface area (Å²) in [6, 6.07) is 10.5. The second-order valence-electron chi connectivity index (χ2n) is 6.67. The molecule has 10 heteroatoms. The van der Waals surface area contributed by atoms with Crippen molar-refractivity contribution in [2.75, 3.05) is 52.2 Å². The van der Waals surface area contributed by atoms with Gasteiger partial charge in [0.2, 0.25) is 10.0 Å². The predicted octanol–water partition coefficient (Wildman–Crippen LogP) is 1.48. The number of morpholine rings is 1. The Morgan fingerprint density at radius 2 is 1.86 bits per heavy atom. The van der Waals surface area contributed by atoms with Gasteiger partial charge < -0.3 is 19.9 Å². The number of hydrogen-bond donors (Lipinski definition) is 2. The molecule has 0 amide bonds. The molecule has 1 aliphatic heterocycles. The van der Waals surface area contributed by atoms with Crippen LogP contribution in [0.25, 0.3) is 10.9 Å². The minimum atomic E-state index is -3.26. The van der Waals surface area contributed by atoms with Crippen molar-refractivity contribution in [3.63, 3.8) is 0 Å². The van der Waals surface area contributed by atoms with Crippen molar-refractivity contribution in [2.45, 2.75) is 13.0 Å². The molecular formula is C19H30IN5O3S. The zero-order valence-corrected chi connectivity index (χ0v) is 19.9. The number of ether oxygens (including phenoxy) is 1. The van der Waals surface area contributed by atoms with Gasteiger partial charge in [0.1, 0.15) is 0 Å². The van der Waals surface area contributed by atoms with Crippen molar-refractivity contribution in [3.8, 4) is 0 Å². The first-order chi connectivity index (χ1) is 13.6. The van der Waals surface area contributed by atoms with Crippen molar-refractivity contribution in [2.24, 2.45) is 4.99 Å². The average Bonchev–Trinajstić information content (AvgIpc) is 3.13. The molecule has 1 aliphatic rings. The van der Waals surface area contributed by atoms with Crippen LogP contribution in [0.1, 0.15) is 6.42 Å². The summed E-state index contributed by atoms with van der Waals surface area (Å²) in [6.07, 6.45) is 3.04. The minimum Gasteiger partial charge on any atom is -0.379 e. The maximum atomic E-state index is 12.3. The zero-order valence-electron chi connectivity index (χ0n) is 16.7. The van der Waals surface area contributed by atoms with Crippen LogP contribution < -0.4 is 10.6 Å². The van der Waals surface area contributed by atoms with Crippen LogP contribution in [0.3, 0.4) is 0 Å². The van der Waals surface area contributed by atoms with Gasteiger partial charge in [0.05, 0.1) is 19.0 Å². The number of guanidine groups is 1. The number of hydrogen-bond acceptors (Lipinski definition) is 4. The van der Waals surface area contributed by atoms with Gasteiger partial charge in [-0.1, -0.05) is 18.2 Å². The molecule has 0 unspecified atom stereocenters. The maximum Gasteiger partial charge on any atom is 0.215 e. The topological polar surface area (TPSA) is 88.0 Å². The summed E-state index contributed by atoms with van der Waals surface area (Å²) in [4.78, 5) is 4.16. The van der Waals surface area contributed by atoms with Crippen LogP contribution in [0, 0.1) is 0 Å². The summed E-state index contributed by atoms with van der Waals surface area (Å²) in [7, 11) is -1.57. The zero-order chi connectivity index (χ0) is 19.8. The molecule has 162 valence electrons. The normalized spacial score (nSPS) is 15.8. The monoisotopic (exact) mass is 535 g/mol. The van der Waals surface area contributed by atoms with Crippen molar-refractivity contribution < 1.29 is 13.2 Å². The van der Waals surface area contributed by atoms with E-state index >= 15 is 0 Å². The Hall–Kier alpha value is -1.37. The van der Waals surface area contributed by atoms with Crippen molar-refractivity contribution >= 4 is 50.9 Å². The number of aryl methyl sites for hydroxylation is 1. The van der Waals surface area contributed by atoms with Gasteiger partial charge in [-0.2, -0.15) is 4.31 Å². The first-order valence-electron chi connectivity index (χ1n) is 9.64. The molecule has 0 atom stereocenters. The highest BCUT2D eigenvalue weighted by Crippen LogP contribution is 2.15. The fourth-order valence-electron chi connectivity index (χ4n) is 3.26. The quantitative estimate of drug-likeness (QED) is 0.232. The lowest BCUT2D eigenvalue weighted by Gasteiger charge is -2.26. The molecule has 3 rings (SSSR count). The van der Waals surface area contributed by atoms with Crippen molar-refractivity contribution in [3.05, 3.63) is 36.5 Å². The Labute approximate surface area is 189 Å². The Morgan fingerprint density at radius 3 is 2.62 bits per heavy atom. The SMILES string of the molecule is CN=C(NCCCn1ccc2ccccc21)NCCS(=O)(=O)N1CCOCC1.I.